The minimum atomic E-state index is -0.829. The van der Waals surface area contributed by atoms with Crippen LogP contribution in [-0.4, -0.2) is 44.1 Å². The van der Waals surface area contributed by atoms with E-state index in [9.17, 15) is 9.59 Å². The van der Waals surface area contributed by atoms with Gasteiger partial charge in [-0.25, -0.2) is 4.79 Å². The molecule has 0 saturated heterocycles. The standard InChI is InChI=1S/C14H17NO4/c1-15(13(16)14(17)18-2)7-5-10-3-4-12-11(9-10)6-8-19-12/h3-4,9H,5-8H2,1-2H3. The predicted molar refractivity (Wildman–Crippen MR) is 69.0 cm³/mol. The Morgan fingerprint density at radius 1 is 1.42 bits per heavy atom. The second-order valence-corrected chi connectivity index (χ2v) is 4.51. The minimum absolute atomic E-state index is 0.480. The van der Waals surface area contributed by atoms with Gasteiger partial charge in [0.1, 0.15) is 5.75 Å². The van der Waals surface area contributed by atoms with Crippen LogP contribution in [0.2, 0.25) is 0 Å². The highest BCUT2D eigenvalue weighted by atomic mass is 16.5. The van der Waals surface area contributed by atoms with Gasteiger partial charge >= 0.3 is 11.9 Å². The molecule has 2 rings (SSSR count). The summed E-state index contributed by atoms with van der Waals surface area (Å²) >= 11 is 0. The number of carbonyl (C=O) groups is 2. The molecular weight excluding hydrogens is 246 g/mol. The molecule has 1 aromatic carbocycles. The summed E-state index contributed by atoms with van der Waals surface area (Å²) in [6, 6.07) is 6.04. The molecule has 1 aliphatic rings. The number of carbonyl (C=O) groups excluding carboxylic acids is 2. The Bertz CT molecular complexity index is 498. The number of rotatable bonds is 3. The zero-order chi connectivity index (χ0) is 13.8. The van der Waals surface area contributed by atoms with Crippen molar-refractivity contribution in [1.82, 2.24) is 4.90 Å². The normalized spacial score (nSPS) is 12.5. The Morgan fingerprint density at radius 3 is 2.95 bits per heavy atom. The van der Waals surface area contributed by atoms with E-state index in [-0.39, 0.29) is 0 Å². The van der Waals surface area contributed by atoms with Crippen molar-refractivity contribution >= 4 is 11.9 Å². The Kier molecular flexibility index (Phi) is 4.04. The van der Waals surface area contributed by atoms with Crippen molar-refractivity contribution in [1.29, 1.82) is 0 Å². The molecular formula is C14H17NO4. The summed E-state index contributed by atoms with van der Waals surface area (Å²) in [7, 11) is 2.80. The van der Waals surface area contributed by atoms with Gasteiger partial charge in [-0.15, -0.1) is 0 Å². The summed E-state index contributed by atoms with van der Waals surface area (Å²) < 4.78 is 9.84. The van der Waals surface area contributed by atoms with E-state index in [0.717, 1.165) is 24.3 Å². The van der Waals surface area contributed by atoms with E-state index in [1.54, 1.807) is 7.05 Å². The fourth-order valence-electron chi connectivity index (χ4n) is 2.04. The first-order valence-corrected chi connectivity index (χ1v) is 6.20. The third kappa shape index (κ3) is 3.05. The molecule has 0 radical (unpaired) electrons. The maximum absolute atomic E-state index is 11.5. The first-order valence-electron chi connectivity index (χ1n) is 6.20. The minimum Gasteiger partial charge on any atom is -0.493 e. The Balaban J connectivity index is 1.92. The van der Waals surface area contributed by atoms with Gasteiger partial charge in [-0.1, -0.05) is 12.1 Å². The highest BCUT2D eigenvalue weighted by Gasteiger charge is 2.19. The summed E-state index contributed by atoms with van der Waals surface area (Å²) in [6.07, 6.45) is 1.63. The SMILES string of the molecule is COC(=O)C(=O)N(C)CCc1ccc2c(c1)CCO2. The molecule has 0 saturated carbocycles. The lowest BCUT2D eigenvalue weighted by Gasteiger charge is -2.15. The van der Waals surface area contributed by atoms with E-state index >= 15 is 0 Å². The molecule has 1 heterocycles. The maximum Gasteiger partial charge on any atom is 0.396 e. The van der Waals surface area contributed by atoms with E-state index in [1.165, 1.54) is 17.6 Å². The molecule has 1 aliphatic heterocycles. The van der Waals surface area contributed by atoms with Gasteiger partial charge in [-0.3, -0.25) is 4.79 Å². The molecule has 0 bridgehead atoms. The van der Waals surface area contributed by atoms with Crippen LogP contribution < -0.4 is 4.74 Å². The van der Waals surface area contributed by atoms with Crippen LogP contribution in [0.5, 0.6) is 5.75 Å². The molecule has 0 atom stereocenters. The molecule has 102 valence electrons. The molecule has 0 unspecified atom stereocenters. The van der Waals surface area contributed by atoms with Crippen molar-refractivity contribution < 1.29 is 19.1 Å². The number of esters is 1. The highest BCUT2D eigenvalue weighted by Crippen LogP contribution is 2.25. The predicted octanol–water partition coefficient (Wildman–Crippen LogP) is 0.795. The zero-order valence-corrected chi connectivity index (χ0v) is 11.1. The zero-order valence-electron chi connectivity index (χ0n) is 11.1. The quantitative estimate of drug-likeness (QED) is 0.598. The number of amides is 1. The van der Waals surface area contributed by atoms with Crippen LogP contribution in [0.15, 0.2) is 18.2 Å². The van der Waals surface area contributed by atoms with Crippen molar-refractivity contribution in [2.24, 2.45) is 0 Å². The van der Waals surface area contributed by atoms with Crippen LogP contribution in [0.1, 0.15) is 11.1 Å². The van der Waals surface area contributed by atoms with E-state index in [0.29, 0.717) is 13.0 Å². The fourth-order valence-corrected chi connectivity index (χ4v) is 2.04. The fraction of sp³-hybridized carbons (Fsp3) is 0.429. The molecule has 0 spiro atoms. The molecule has 19 heavy (non-hydrogen) atoms. The van der Waals surface area contributed by atoms with Gasteiger partial charge in [0.15, 0.2) is 0 Å². The summed E-state index contributed by atoms with van der Waals surface area (Å²) in [5.74, 6) is -0.500. The average molecular weight is 263 g/mol. The van der Waals surface area contributed by atoms with Gasteiger partial charge in [0.05, 0.1) is 13.7 Å². The molecule has 0 N–H and O–H groups in total. The summed E-state index contributed by atoms with van der Waals surface area (Å²) in [6.45, 7) is 1.22. The second-order valence-electron chi connectivity index (χ2n) is 4.51. The lowest BCUT2D eigenvalue weighted by molar-refractivity contribution is -0.157. The van der Waals surface area contributed by atoms with E-state index in [1.807, 2.05) is 12.1 Å². The third-order valence-corrected chi connectivity index (χ3v) is 3.20. The maximum atomic E-state index is 11.5. The monoisotopic (exact) mass is 263 g/mol. The van der Waals surface area contributed by atoms with Crippen molar-refractivity contribution in [2.75, 3.05) is 27.3 Å². The Labute approximate surface area is 112 Å². The Morgan fingerprint density at radius 2 is 2.21 bits per heavy atom. The topological polar surface area (TPSA) is 55.8 Å². The lowest BCUT2D eigenvalue weighted by Crippen LogP contribution is -2.35. The van der Waals surface area contributed by atoms with Crippen molar-refractivity contribution in [2.45, 2.75) is 12.8 Å². The van der Waals surface area contributed by atoms with Crippen LogP contribution in [0.25, 0.3) is 0 Å². The van der Waals surface area contributed by atoms with Gasteiger partial charge in [0, 0.05) is 20.0 Å². The van der Waals surface area contributed by atoms with Gasteiger partial charge in [-0.2, -0.15) is 0 Å². The molecule has 0 aliphatic carbocycles. The van der Waals surface area contributed by atoms with Crippen molar-refractivity contribution in [3.05, 3.63) is 29.3 Å². The van der Waals surface area contributed by atoms with Crippen LogP contribution in [-0.2, 0) is 27.2 Å². The van der Waals surface area contributed by atoms with Crippen LogP contribution in [0, 0.1) is 0 Å². The van der Waals surface area contributed by atoms with Crippen molar-refractivity contribution in [3.63, 3.8) is 0 Å². The van der Waals surface area contributed by atoms with Crippen LogP contribution in [0.4, 0.5) is 0 Å². The number of ether oxygens (including phenoxy) is 2. The number of fused-ring (bicyclic) bond motifs is 1. The highest BCUT2D eigenvalue weighted by molar-refractivity contribution is 6.32. The van der Waals surface area contributed by atoms with Gasteiger partial charge in [0.25, 0.3) is 0 Å². The van der Waals surface area contributed by atoms with Crippen molar-refractivity contribution in [3.8, 4) is 5.75 Å². The van der Waals surface area contributed by atoms with E-state index < -0.39 is 11.9 Å². The largest absolute Gasteiger partial charge is 0.493 e. The third-order valence-electron chi connectivity index (χ3n) is 3.20. The van der Waals surface area contributed by atoms with E-state index in [2.05, 4.69) is 10.8 Å². The van der Waals surface area contributed by atoms with Crippen LogP contribution in [0.3, 0.4) is 0 Å². The average Bonchev–Trinajstić information content (AvgIpc) is 2.90. The van der Waals surface area contributed by atoms with Gasteiger partial charge in [-0.05, 0) is 23.6 Å². The first kappa shape index (κ1) is 13.4. The van der Waals surface area contributed by atoms with Gasteiger partial charge in [0.2, 0.25) is 0 Å². The number of hydrogen-bond donors (Lipinski definition) is 0. The summed E-state index contributed by atoms with van der Waals surface area (Å²) in [4.78, 5) is 24.0. The number of likely N-dealkylation sites (N-methyl/N-ethyl adjacent to an activating group) is 1. The number of nitrogens with zero attached hydrogens (tertiary/aromatic N) is 1. The smallest absolute Gasteiger partial charge is 0.396 e. The van der Waals surface area contributed by atoms with Crippen LogP contribution >= 0.6 is 0 Å². The molecule has 5 nitrogen and oxygen atoms in total. The molecule has 5 heteroatoms. The molecule has 1 amide bonds. The van der Waals surface area contributed by atoms with E-state index in [4.69, 9.17) is 4.74 Å². The molecule has 0 aromatic heterocycles. The number of benzene rings is 1. The Hall–Kier alpha value is -2.04. The number of methoxy groups -OCH3 is 1. The second kappa shape index (κ2) is 5.73. The molecule has 0 fully saturated rings. The first-order chi connectivity index (χ1) is 9.11. The van der Waals surface area contributed by atoms with Gasteiger partial charge < -0.3 is 14.4 Å². The summed E-state index contributed by atoms with van der Waals surface area (Å²) in [5.41, 5.74) is 2.34. The lowest BCUT2D eigenvalue weighted by atomic mass is 10.1. The summed E-state index contributed by atoms with van der Waals surface area (Å²) in [5, 5.41) is 0. The number of hydrogen-bond acceptors (Lipinski definition) is 4. The molecule has 1 aromatic rings.